The van der Waals surface area contributed by atoms with E-state index in [0.717, 1.165) is 15.4 Å². The molecule has 0 saturated heterocycles. The third-order valence-electron chi connectivity index (χ3n) is 2.52. The lowest BCUT2D eigenvalue weighted by molar-refractivity contribution is 0.0516. The summed E-state index contributed by atoms with van der Waals surface area (Å²) in [5.74, 6) is -0.284. The molecule has 0 saturated carbocycles. The fourth-order valence-electron chi connectivity index (χ4n) is 1.73. The Morgan fingerprint density at radius 3 is 2.88 bits per heavy atom. The van der Waals surface area contributed by atoms with Gasteiger partial charge in [0.25, 0.3) is 0 Å². The van der Waals surface area contributed by atoms with E-state index >= 15 is 0 Å². The third kappa shape index (κ3) is 1.73. The van der Waals surface area contributed by atoms with E-state index in [9.17, 15) is 4.79 Å². The van der Waals surface area contributed by atoms with Crippen LogP contribution in [0.4, 0.5) is 0 Å². The number of ether oxygens (including phenoxy) is 1. The van der Waals surface area contributed by atoms with Crippen LogP contribution in [0.1, 0.15) is 17.4 Å². The van der Waals surface area contributed by atoms with Gasteiger partial charge >= 0.3 is 5.97 Å². The van der Waals surface area contributed by atoms with Crippen LogP contribution in [0.25, 0.3) is 10.9 Å². The largest absolute Gasteiger partial charge is 0.461 e. The summed E-state index contributed by atoms with van der Waals surface area (Å²) in [6, 6.07) is 7.72. The summed E-state index contributed by atoms with van der Waals surface area (Å²) in [6.07, 6.45) is 0. The molecule has 0 amide bonds. The van der Waals surface area contributed by atoms with Crippen LogP contribution in [0.15, 0.2) is 28.7 Å². The Kier molecular flexibility index (Phi) is 3.01. The number of benzene rings is 1. The topological polar surface area (TPSA) is 31.2 Å². The van der Waals surface area contributed by atoms with Gasteiger partial charge in [0.1, 0.15) is 5.69 Å². The Hall–Kier alpha value is -1.29. The molecule has 0 aliphatic rings. The molecule has 2 aromatic rings. The lowest BCUT2D eigenvalue weighted by Gasteiger charge is -2.03. The summed E-state index contributed by atoms with van der Waals surface area (Å²) in [5.41, 5.74) is 1.58. The molecule has 0 aliphatic heterocycles. The minimum Gasteiger partial charge on any atom is -0.461 e. The van der Waals surface area contributed by atoms with E-state index in [2.05, 4.69) is 15.9 Å². The summed E-state index contributed by atoms with van der Waals surface area (Å²) in [7, 11) is 1.86. The van der Waals surface area contributed by atoms with Crippen LogP contribution in [0, 0.1) is 0 Å². The molecule has 0 bridgehead atoms. The van der Waals surface area contributed by atoms with Crippen molar-refractivity contribution in [2.24, 2.45) is 7.05 Å². The molecule has 2 rings (SSSR count). The van der Waals surface area contributed by atoms with E-state index < -0.39 is 0 Å². The van der Waals surface area contributed by atoms with E-state index in [1.165, 1.54) is 0 Å². The highest BCUT2D eigenvalue weighted by atomic mass is 79.9. The van der Waals surface area contributed by atoms with E-state index in [-0.39, 0.29) is 5.97 Å². The minimum absolute atomic E-state index is 0.284. The Bertz CT molecular complexity index is 545. The van der Waals surface area contributed by atoms with Crippen molar-refractivity contribution >= 4 is 32.8 Å². The fraction of sp³-hybridized carbons (Fsp3) is 0.250. The van der Waals surface area contributed by atoms with Gasteiger partial charge in [0.05, 0.1) is 6.61 Å². The molecule has 1 aromatic carbocycles. The normalized spacial score (nSPS) is 10.7. The second kappa shape index (κ2) is 4.29. The fourth-order valence-corrected chi connectivity index (χ4v) is 2.20. The number of esters is 1. The van der Waals surface area contributed by atoms with Crippen molar-refractivity contribution in [2.45, 2.75) is 6.92 Å². The van der Waals surface area contributed by atoms with Gasteiger partial charge in [0.15, 0.2) is 0 Å². The highest BCUT2D eigenvalue weighted by Crippen LogP contribution is 2.26. The first-order chi connectivity index (χ1) is 7.65. The predicted molar refractivity (Wildman–Crippen MR) is 66.6 cm³/mol. The summed E-state index contributed by atoms with van der Waals surface area (Å²) in [5, 5.41) is 1.02. The molecule has 0 unspecified atom stereocenters. The molecule has 0 spiro atoms. The first-order valence-corrected chi connectivity index (χ1v) is 5.85. The maximum Gasteiger partial charge on any atom is 0.354 e. The molecule has 1 aromatic heterocycles. The van der Waals surface area contributed by atoms with Crippen LogP contribution in [-0.2, 0) is 11.8 Å². The smallest absolute Gasteiger partial charge is 0.354 e. The van der Waals surface area contributed by atoms with Gasteiger partial charge in [-0.3, -0.25) is 0 Å². The van der Waals surface area contributed by atoms with Gasteiger partial charge in [-0.15, -0.1) is 0 Å². The van der Waals surface area contributed by atoms with Crippen LogP contribution in [-0.4, -0.2) is 17.1 Å². The maximum absolute atomic E-state index is 11.7. The quantitative estimate of drug-likeness (QED) is 0.792. The van der Waals surface area contributed by atoms with Gasteiger partial charge in [-0.1, -0.05) is 22.0 Å². The van der Waals surface area contributed by atoms with Gasteiger partial charge in [-0.05, 0) is 25.1 Å². The van der Waals surface area contributed by atoms with Crippen molar-refractivity contribution < 1.29 is 9.53 Å². The molecule has 1 heterocycles. The van der Waals surface area contributed by atoms with Gasteiger partial charge in [-0.2, -0.15) is 0 Å². The van der Waals surface area contributed by atoms with Crippen molar-refractivity contribution in [3.05, 3.63) is 34.4 Å². The van der Waals surface area contributed by atoms with E-state index in [1.54, 1.807) is 6.92 Å². The average molecular weight is 282 g/mol. The lowest BCUT2D eigenvalue weighted by Crippen LogP contribution is -2.09. The number of aromatic nitrogens is 1. The van der Waals surface area contributed by atoms with Crippen LogP contribution in [0.5, 0.6) is 0 Å². The Labute approximate surface area is 102 Å². The zero-order valence-electron chi connectivity index (χ0n) is 9.16. The standard InChI is InChI=1S/C12H12BrNO2/c1-3-16-12(15)11-7-8-9(13)5-4-6-10(8)14(11)2/h4-7H,3H2,1-2H3. The van der Waals surface area contributed by atoms with E-state index in [4.69, 9.17) is 4.74 Å². The maximum atomic E-state index is 11.7. The number of nitrogens with zero attached hydrogens (tertiary/aromatic N) is 1. The number of carbonyl (C=O) groups is 1. The van der Waals surface area contributed by atoms with Crippen LogP contribution >= 0.6 is 15.9 Å². The molecule has 0 N–H and O–H groups in total. The SMILES string of the molecule is CCOC(=O)c1cc2c(Br)cccc2n1C. The number of fused-ring (bicyclic) bond motifs is 1. The molecule has 16 heavy (non-hydrogen) atoms. The zero-order valence-corrected chi connectivity index (χ0v) is 10.7. The first-order valence-electron chi connectivity index (χ1n) is 5.06. The highest BCUT2D eigenvalue weighted by molar-refractivity contribution is 9.10. The Balaban J connectivity index is 2.60. The van der Waals surface area contributed by atoms with Crippen molar-refractivity contribution in [3.63, 3.8) is 0 Å². The average Bonchev–Trinajstić information content (AvgIpc) is 2.59. The second-order valence-electron chi connectivity index (χ2n) is 3.48. The van der Waals surface area contributed by atoms with Crippen LogP contribution in [0.3, 0.4) is 0 Å². The first kappa shape index (κ1) is 11.2. The molecule has 0 aliphatic carbocycles. The third-order valence-corrected chi connectivity index (χ3v) is 3.21. The summed E-state index contributed by atoms with van der Waals surface area (Å²) in [6.45, 7) is 2.19. The summed E-state index contributed by atoms with van der Waals surface area (Å²) >= 11 is 3.47. The minimum atomic E-state index is -0.284. The van der Waals surface area contributed by atoms with E-state index in [1.807, 2.05) is 35.9 Å². The number of hydrogen-bond acceptors (Lipinski definition) is 2. The number of carbonyl (C=O) groups excluding carboxylic acids is 1. The zero-order chi connectivity index (χ0) is 11.7. The number of rotatable bonds is 2. The van der Waals surface area contributed by atoms with Crippen molar-refractivity contribution in [3.8, 4) is 0 Å². The van der Waals surface area contributed by atoms with Crippen molar-refractivity contribution in [2.75, 3.05) is 6.61 Å². The van der Waals surface area contributed by atoms with Crippen molar-refractivity contribution in [1.29, 1.82) is 0 Å². The molecule has 0 radical (unpaired) electrons. The monoisotopic (exact) mass is 281 g/mol. The lowest BCUT2D eigenvalue weighted by atomic mass is 10.2. The number of aryl methyl sites for hydroxylation is 1. The molecular formula is C12H12BrNO2. The summed E-state index contributed by atoms with van der Waals surface area (Å²) in [4.78, 5) is 11.7. The number of hydrogen-bond donors (Lipinski definition) is 0. The summed E-state index contributed by atoms with van der Waals surface area (Å²) < 4.78 is 7.83. The van der Waals surface area contributed by atoms with Crippen LogP contribution < -0.4 is 0 Å². The molecule has 4 heteroatoms. The van der Waals surface area contributed by atoms with Gasteiger partial charge in [0, 0.05) is 22.4 Å². The molecule has 0 fully saturated rings. The van der Waals surface area contributed by atoms with Gasteiger partial charge < -0.3 is 9.30 Å². The van der Waals surface area contributed by atoms with E-state index in [0.29, 0.717) is 12.3 Å². The van der Waals surface area contributed by atoms with Crippen molar-refractivity contribution in [1.82, 2.24) is 4.57 Å². The van der Waals surface area contributed by atoms with Gasteiger partial charge in [-0.25, -0.2) is 4.79 Å². The molecule has 84 valence electrons. The Morgan fingerprint density at radius 1 is 1.50 bits per heavy atom. The molecule has 0 atom stereocenters. The molecule has 3 nitrogen and oxygen atoms in total. The second-order valence-corrected chi connectivity index (χ2v) is 4.34. The predicted octanol–water partition coefficient (Wildman–Crippen LogP) is 3.12. The number of halogens is 1. The molecular weight excluding hydrogens is 270 g/mol. The highest BCUT2D eigenvalue weighted by Gasteiger charge is 2.14. The Morgan fingerprint density at radius 2 is 2.25 bits per heavy atom. The van der Waals surface area contributed by atoms with Gasteiger partial charge in [0.2, 0.25) is 0 Å². The van der Waals surface area contributed by atoms with Crippen LogP contribution in [0.2, 0.25) is 0 Å².